The quantitative estimate of drug-likeness (QED) is 0.525. The molecule has 6 nitrogen and oxygen atoms in total. The number of anilines is 1. The number of carbonyl (C=O) groups is 1. The van der Waals surface area contributed by atoms with E-state index in [1.54, 1.807) is 11.9 Å². The normalized spacial score (nSPS) is 37.3. The maximum absolute atomic E-state index is 12.2. The molecule has 1 aromatic rings. The first-order valence-corrected chi connectivity index (χ1v) is 15.6. The first-order chi connectivity index (χ1) is 17.9. The number of hydrogen-bond acceptors (Lipinski definition) is 8. The number of benzene rings is 1. The van der Waals surface area contributed by atoms with Crippen LogP contribution in [0.1, 0.15) is 56.9 Å². The second-order valence-electron chi connectivity index (χ2n) is 11.6. The zero-order chi connectivity index (χ0) is 25.8. The highest BCUT2D eigenvalue weighted by Gasteiger charge is 2.63. The van der Waals surface area contributed by atoms with Gasteiger partial charge in [-0.15, -0.1) is 0 Å². The van der Waals surface area contributed by atoms with Crippen molar-refractivity contribution in [3.05, 3.63) is 54.0 Å². The van der Waals surface area contributed by atoms with Crippen molar-refractivity contribution >= 4 is 35.4 Å². The first kappa shape index (κ1) is 25.2. The molecule has 1 saturated heterocycles. The first-order valence-electron chi connectivity index (χ1n) is 13.6. The molecule has 1 aromatic carbocycles. The van der Waals surface area contributed by atoms with Crippen LogP contribution in [0.15, 0.2) is 48.4 Å². The maximum Gasteiger partial charge on any atom is 0.159 e. The van der Waals surface area contributed by atoms with Gasteiger partial charge >= 0.3 is 0 Å². The largest absolute Gasteiger partial charge is 0.345 e. The topological polar surface area (TPSA) is 76.6 Å². The van der Waals surface area contributed by atoms with Crippen LogP contribution in [0.2, 0.25) is 0 Å². The molecule has 3 fully saturated rings. The Morgan fingerprint density at radius 2 is 1.95 bits per heavy atom. The molecule has 2 N–H and O–H groups in total. The highest BCUT2D eigenvalue weighted by molar-refractivity contribution is 7.97. The van der Waals surface area contributed by atoms with Gasteiger partial charge in [-0.25, -0.2) is 0 Å². The Kier molecular flexibility index (Phi) is 6.53. The fourth-order valence-electron chi connectivity index (χ4n) is 7.82. The molecule has 2 saturated carbocycles. The molecule has 0 spiro atoms. The van der Waals surface area contributed by atoms with Crippen molar-refractivity contribution in [1.82, 2.24) is 8.61 Å². The lowest BCUT2D eigenvalue weighted by Crippen LogP contribution is -2.64. The second kappa shape index (κ2) is 9.59. The highest BCUT2D eigenvalue weighted by Crippen LogP contribution is 2.65. The molecule has 196 valence electrons. The maximum atomic E-state index is 12.2. The summed E-state index contributed by atoms with van der Waals surface area (Å²) in [4.78, 5) is 14.5. The highest BCUT2D eigenvalue weighted by atomic mass is 32.2. The van der Waals surface area contributed by atoms with Gasteiger partial charge in [-0.05, 0) is 79.0 Å². The standard InChI is InChI=1S/C29H37N5OS2/c1-28-18-25(20-3-6-22(7-4-20)32-13-15-33(36-2)16-14-32)27-29(31,26(28)8-5-21(28)19-30)11-9-23-17-24(35)10-12-34(23)37-27/h3-4,6-7,13,15,17,21,25-27H,5,8-12,14,16,18,31H2,1-2H3/t21-,25+,26?,27?,28+,29+/m1/s1. The van der Waals surface area contributed by atoms with E-state index in [1.807, 2.05) is 18.0 Å². The molecule has 2 aliphatic carbocycles. The van der Waals surface area contributed by atoms with Crippen LogP contribution in [0.5, 0.6) is 0 Å². The number of nitrogens with zero attached hydrogens (tertiary/aromatic N) is 4. The molecule has 0 radical (unpaired) electrons. The third kappa shape index (κ3) is 4.18. The lowest BCUT2D eigenvalue weighted by molar-refractivity contribution is -0.115. The molecule has 3 aliphatic heterocycles. The fraction of sp³-hybridized carbons (Fsp3) is 0.586. The van der Waals surface area contributed by atoms with E-state index in [4.69, 9.17) is 5.73 Å². The Bertz CT molecular complexity index is 1160. The monoisotopic (exact) mass is 535 g/mol. The lowest BCUT2D eigenvalue weighted by Gasteiger charge is -2.56. The van der Waals surface area contributed by atoms with Crippen LogP contribution in [0.4, 0.5) is 5.69 Å². The van der Waals surface area contributed by atoms with Crippen LogP contribution < -0.4 is 10.6 Å². The predicted molar refractivity (Wildman–Crippen MR) is 152 cm³/mol. The van der Waals surface area contributed by atoms with Gasteiger partial charge in [0.25, 0.3) is 0 Å². The van der Waals surface area contributed by atoms with Gasteiger partial charge < -0.3 is 19.2 Å². The summed E-state index contributed by atoms with van der Waals surface area (Å²) in [7, 11) is 0. The van der Waals surface area contributed by atoms with Crippen molar-refractivity contribution in [3.63, 3.8) is 0 Å². The minimum absolute atomic E-state index is 0.0511. The average Bonchev–Trinajstić information content (AvgIpc) is 3.19. The smallest absolute Gasteiger partial charge is 0.159 e. The molecule has 5 aliphatic rings. The number of nitrogens with two attached hydrogens (primary N) is 1. The summed E-state index contributed by atoms with van der Waals surface area (Å²) in [5.41, 5.74) is 10.8. The van der Waals surface area contributed by atoms with Gasteiger partial charge in [0.15, 0.2) is 5.78 Å². The molecule has 3 heterocycles. The third-order valence-corrected chi connectivity index (χ3v) is 12.3. The van der Waals surface area contributed by atoms with Crippen LogP contribution in [0.25, 0.3) is 0 Å². The van der Waals surface area contributed by atoms with Gasteiger partial charge in [-0.1, -0.05) is 31.0 Å². The molecule has 0 aromatic heterocycles. The van der Waals surface area contributed by atoms with E-state index in [1.165, 1.54) is 11.3 Å². The van der Waals surface area contributed by atoms with Crippen LogP contribution in [-0.2, 0) is 4.79 Å². The minimum Gasteiger partial charge on any atom is -0.345 e. The van der Waals surface area contributed by atoms with Gasteiger partial charge in [0.1, 0.15) is 0 Å². The number of fused-ring (bicyclic) bond motifs is 4. The van der Waals surface area contributed by atoms with Crippen molar-refractivity contribution in [1.29, 1.82) is 5.26 Å². The molecular formula is C29H37N5OS2. The SMILES string of the molecule is CSN1C=CN(c2ccc([C@@H]3C[C@]4(C)C(CC[C@@H]4C#N)[C@@]4(N)CCC5=CC(=O)CCN5SC34)cc2)CC1. The Morgan fingerprint density at radius 3 is 2.65 bits per heavy atom. The van der Waals surface area contributed by atoms with E-state index in [-0.39, 0.29) is 33.8 Å². The van der Waals surface area contributed by atoms with Crippen molar-refractivity contribution in [2.45, 2.75) is 62.2 Å². The zero-order valence-electron chi connectivity index (χ0n) is 21.8. The third-order valence-electron chi connectivity index (χ3n) is 9.82. The summed E-state index contributed by atoms with van der Waals surface area (Å²) in [6, 6.07) is 11.8. The van der Waals surface area contributed by atoms with E-state index >= 15 is 0 Å². The summed E-state index contributed by atoms with van der Waals surface area (Å²) in [5, 5.41) is 10.3. The Hall–Kier alpha value is -2.08. The van der Waals surface area contributed by atoms with E-state index in [9.17, 15) is 10.1 Å². The van der Waals surface area contributed by atoms with Crippen molar-refractivity contribution in [2.75, 3.05) is 30.8 Å². The van der Waals surface area contributed by atoms with Crippen LogP contribution in [0.3, 0.4) is 0 Å². The van der Waals surface area contributed by atoms with E-state index in [0.717, 1.165) is 57.4 Å². The Balaban J connectivity index is 1.36. The molecule has 0 amide bonds. The number of nitriles is 1. The number of carbonyl (C=O) groups excluding carboxylic acids is 1. The molecule has 37 heavy (non-hydrogen) atoms. The summed E-state index contributed by atoms with van der Waals surface area (Å²) >= 11 is 3.64. The molecule has 6 atom stereocenters. The fourth-order valence-corrected chi connectivity index (χ4v) is 9.89. The van der Waals surface area contributed by atoms with Crippen LogP contribution >= 0.6 is 23.9 Å². The van der Waals surface area contributed by atoms with Crippen molar-refractivity contribution in [2.24, 2.45) is 23.0 Å². The van der Waals surface area contributed by atoms with Gasteiger partial charge in [0.05, 0.1) is 12.0 Å². The van der Waals surface area contributed by atoms with Crippen LogP contribution in [0, 0.1) is 28.6 Å². The van der Waals surface area contributed by atoms with Gasteiger partial charge in [-0.3, -0.25) is 4.79 Å². The summed E-state index contributed by atoms with van der Waals surface area (Å²) < 4.78 is 4.62. The van der Waals surface area contributed by atoms with E-state index in [2.05, 4.69) is 69.4 Å². The molecule has 2 unspecified atom stereocenters. The average molecular weight is 536 g/mol. The van der Waals surface area contributed by atoms with E-state index < -0.39 is 0 Å². The minimum atomic E-state index is -0.370. The van der Waals surface area contributed by atoms with Gasteiger partial charge in [-0.2, -0.15) is 5.26 Å². The zero-order valence-corrected chi connectivity index (χ0v) is 23.4. The van der Waals surface area contributed by atoms with Crippen molar-refractivity contribution in [3.8, 4) is 6.07 Å². The van der Waals surface area contributed by atoms with Crippen LogP contribution in [-0.4, -0.2) is 51.1 Å². The van der Waals surface area contributed by atoms with E-state index in [0.29, 0.717) is 12.3 Å². The number of hydrogen-bond donors (Lipinski definition) is 1. The summed E-state index contributed by atoms with van der Waals surface area (Å²) in [5.74, 6) is 0.876. The van der Waals surface area contributed by atoms with Gasteiger partial charge in [0.2, 0.25) is 0 Å². The van der Waals surface area contributed by atoms with Crippen molar-refractivity contribution < 1.29 is 4.79 Å². The number of rotatable bonds is 3. The Morgan fingerprint density at radius 1 is 1.14 bits per heavy atom. The molecule has 8 heteroatoms. The second-order valence-corrected chi connectivity index (χ2v) is 13.6. The summed E-state index contributed by atoms with van der Waals surface area (Å²) in [6.07, 6.45) is 13.5. The number of allylic oxidation sites excluding steroid dienone is 2. The molecule has 0 bridgehead atoms. The van der Waals surface area contributed by atoms with Gasteiger partial charge in [0, 0.05) is 73.0 Å². The molecular weight excluding hydrogens is 498 g/mol. The predicted octanol–water partition coefficient (Wildman–Crippen LogP) is 5.27. The summed E-state index contributed by atoms with van der Waals surface area (Å²) in [6.45, 7) is 5.08. The lowest BCUT2D eigenvalue weighted by atomic mass is 9.53. The number of ketones is 1. The Labute approximate surface area is 229 Å². The molecule has 6 rings (SSSR count).